The third-order valence-corrected chi connectivity index (χ3v) is 3.28. The van der Waals surface area contributed by atoms with E-state index in [1.165, 1.54) is 10.9 Å². The second kappa shape index (κ2) is 5.12. The van der Waals surface area contributed by atoms with Crippen molar-refractivity contribution in [2.24, 2.45) is 0 Å². The zero-order valence-corrected chi connectivity index (χ0v) is 9.89. The number of ether oxygens (including phenoxy) is 1. The standard InChI is InChI=1S/C13H13FOS/c1-10-4-5-11(9-13(10)14)15-7-6-12-3-2-8-16-12/h2-5,8-9H,6-7H2,1H3. The average molecular weight is 236 g/mol. The van der Waals surface area contributed by atoms with E-state index in [0.717, 1.165) is 6.42 Å². The predicted octanol–water partition coefficient (Wildman–Crippen LogP) is 3.82. The first kappa shape index (κ1) is 11.1. The molecule has 0 radical (unpaired) electrons. The molecular weight excluding hydrogens is 223 g/mol. The van der Waals surface area contributed by atoms with Gasteiger partial charge in [0.05, 0.1) is 6.61 Å². The average Bonchev–Trinajstić information content (AvgIpc) is 2.76. The van der Waals surface area contributed by atoms with Crippen molar-refractivity contribution >= 4 is 11.3 Å². The second-order valence-electron chi connectivity index (χ2n) is 3.59. The van der Waals surface area contributed by atoms with Crippen LogP contribution in [0, 0.1) is 12.7 Å². The first-order valence-corrected chi connectivity index (χ1v) is 6.05. The molecule has 16 heavy (non-hydrogen) atoms. The van der Waals surface area contributed by atoms with Crippen LogP contribution in [0.25, 0.3) is 0 Å². The van der Waals surface area contributed by atoms with Crippen molar-refractivity contribution in [1.29, 1.82) is 0 Å². The number of aryl methyl sites for hydroxylation is 1. The van der Waals surface area contributed by atoms with Gasteiger partial charge in [-0.15, -0.1) is 11.3 Å². The van der Waals surface area contributed by atoms with E-state index in [9.17, 15) is 4.39 Å². The fourth-order valence-electron chi connectivity index (χ4n) is 1.39. The highest BCUT2D eigenvalue weighted by Gasteiger charge is 2.00. The molecule has 0 fully saturated rings. The van der Waals surface area contributed by atoms with Crippen molar-refractivity contribution in [2.45, 2.75) is 13.3 Å². The molecular formula is C13H13FOS. The van der Waals surface area contributed by atoms with E-state index in [1.807, 2.05) is 11.4 Å². The third kappa shape index (κ3) is 2.83. The molecule has 0 aliphatic heterocycles. The molecule has 0 saturated heterocycles. The Bertz CT molecular complexity index is 451. The highest BCUT2D eigenvalue weighted by molar-refractivity contribution is 7.09. The SMILES string of the molecule is Cc1ccc(OCCc2cccs2)cc1F. The lowest BCUT2D eigenvalue weighted by molar-refractivity contribution is 0.321. The molecule has 84 valence electrons. The van der Waals surface area contributed by atoms with Crippen molar-refractivity contribution < 1.29 is 9.13 Å². The number of hydrogen-bond donors (Lipinski definition) is 0. The van der Waals surface area contributed by atoms with Gasteiger partial charge in [-0.1, -0.05) is 12.1 Å². The van der Waals surface area contributed by atoms with Crippen molar-refractivity contribution in [1.82, 2.24) is 0 Å². The molecule has 0 unspecified atom stereocenters. The van der Waals surface area contributed by atoms with Gasteiger partial charge in [-0.3, -0.25) is 0 Å². The van der Waals surface area contributed by atoms with Gasteiger partial charge in [0.2, 0.25) is 0 Å². The van der Waals surface area contributed by atoms with Crippen molar-refractivity contribution in [2.75, 3.05) is 6.61 Å². The Hall–Kier alpha value is -1.35. The van der Waals surface area contributed by atoms with Gasteiger partial charge >= 0.3 is 0 Å². The Morgan fingerprint density at radius 2 is 2.19 bits per heavy atom. The predicted molar refractivity (Wildman–Crippen MR) is 64.7 cm³/mol. The maximum absolute atomic E-state index is 13.2. The van der Waals surface area contributed by atoms with Crippen LogP contribution in [-0.4, -0.2) is 6.61 Å². The summed E-state index contributed by atoms with van der Waals surface area (Å²) < 4.78 is 18.7. The van der Waals surface area contributed by atoms with Crippen LogP contribution in [-0.2, 0) is 6.42 Å². The van der Waals surface area contributed by atoms with Crippen LogP contribution < -0.4 is 4.74 Å². The summed E-state index contributed by atoms with van der Waals surface area (Å²) in [6.07, 6.45) is 0.868. The summed E-state index contributed by atoms with van der Waals surface area (Å²) in [4.78, 5) is 1.28. The van der Waals surface area contributed by atoms with Gasteiger partial charge < -0.3 is 4.74 Å². The Morgan fingerprint density at radius 1 is 1.31 bits per heavy atom. The molecule has 1 heterocycles. The second-order valence-corrected chi connectivity index (χ2v) is 4.62. The molecule has 0 aliphatic carbocycles. The van der Waals surface area contributed by atoms with Gasteiger partial charge in [-0.2, -0.15) is 0 Å². The smallest absolute Gasteiger partial charge is 0.129 e. The van der Waals surface area contributed by atoms with Crippen LogP contribution in [0.4, 0.5) is 4.39 Å². The Kier molecular flexibility index (Phi) is 3.57. The highest BCUT2D eigenvalue weighted by atomic mass is 32.1. The Balaban J connectivity index is 1.87. The summed E-state index contributed by atoms with van der Waals surface area (Å²) in [7, 11) is 0. The summed E-state index contributed by atoms with van der Waals surface area (Å²) in [5.41, 5.74) is 0.644. The van der Waals surface area contributed by atoms with Crippen molar-refractivity contribution in [3.63, 3.8) is 0 Å². The van der Waals surface area contributed by atoms with Crippen LogP contribution >= 0.6 is 11.3 Å². The fraction of sp³-hybridized carbons (Fsp3) is 0.231. The van der Waals surface area contributed by atoms with Crippen LogP contribution in [0.5, 0.6) is 5.75 Å². The zero-order chi connectivity index (χ0) is 11.4. The molecule has 0 spiro atoms. The number of halogens is 1. The van der Waals surface area contributed by atoms with Crippen molar-refractivity contribution in [3.05, 3.63) is 52.0 Å². The molecule has 1 aromatic heterocycles. The lowest BCUT2D eigenvalue weighted by atomic mass is 10.2. The highest BCUT2D eigenvalue weighted by Crippen LogP contribution is 2.16. The summed E-state index contributed by atoms with van der Waals surface area (Å²) in [5.74, 6) is 0.383. The number of hydrogen-bond acceptors (Lipinski definition) is 2. The van der Waals surface area contributed by atoms with E-state index in [-0.39, 0.29) is 5.82 Å². The fourth-order valence-corrected chi connectivity index (χ4v) is 2.08. The van der Waals surface area contributed by atoms with Crippen molar-refractivity contribution in [3.8, 4) is 5.75 Å². The molecule has 0 N–H and O–H groups in total. The lowest BCUT2D eigenvalue weighted by Gasteiger charge is -2.06. The minimum atomic E-state index is -0.214. The summed E-state index contributed by atoms with van der Waals surface area (Å²) in [5, 5.41) is 2.04. The minimum Gasteiger partial charge on any atom is -0.493 e. The first-order valence-electron chi connectivity index (χ1n) is 5.17. The summed E-state index contributed by atoms with van der Waals surface area (Å²) in [6, 6.07) is 9.06. The molecule has 1 aromatic carbocycles. The van der Waals surface area contributed by atoms with Crippen LogP contribution in [0.15, 0.2) is 35.7 Å². The van der Waals surface area contributed by atoms with E-state index < -0.39 is 0 Å². The van der Waals surface area contributed by atoms with E-state index in [0.29, 0.717) is 17.9 Å². The normalized spacial score (nSPS) is 10.4. The van der Waals surface area contributed by atoms with E-state index >= 15 is 0 Å². The Labute approximate surface area is 98.5 Å². The first-order chi connectivity index (χ1) is 7.75. The quantitative estimate of drug-likeness (QED) is 0.784. The van der Waals surface area contributed by atoms with E-state index in [1.54, 1.807) is 30.4 Å². The van der Waals surface area contributed by atoms with Gasteiger partial charge in [-0.05, 0) is 30.0 Å². The van der Waals surface area contributed by atoms with E-state index in [2.05, 4.69) is 6.07 Å². The molecule has 0 amide bonds. The topological polar surface area (TPSA) is 9.23 Å². The summed E-state index contributed by atoms with van der Waals surface area (Å²) in [6.45, 7) is 2.33. The molecule has 3 heteroatoms. The molecule has 0 atom stereocenters. The van der Waals surface area contributed by atoms with Gasteiger partial charge in [-0.25, -0.2) is 4.39 Å². The van der Waals surface area contributed by atoms with Gasteiger partial charge in [0.15, 0.2) is 0 Å². The molecule has 2 aromatic rings. The maximum Gasteiger partial charge on any atom is 0.129 e. The van der Waals surface area contributed by atoms with Crippen LogP contribution in [0.1, 0.15) is 10.4 Å². The molecule has 2 rings (SSSR count). The third-order valence-electron chi connectivity index (χ3n) is 2.34. The van der Waals surface area contributed by atoms with Crippen LogP contribution in [0.2, 0.25) is 0 Å². The number of rotatable bonds is 4. The lowest BCUT2D eigenvalue weighted by Crippen LogP contribution is -2.00. The number of thiophene rings is 1. The molecule has 0 aliphatic rings. The number of benzene rings is 1. The van der Waals surface area contributed by atoms with Gasteiger partial charge in [0, 0.05) is 17.4 Å². The van der Waals surface area contributed by atoms with E-state index in [4.69, 9.17) is 4.74 Å². The van der Waals surface area contributed by atoms with Gasteiger partial charge in [0.25, 0.3) is 0 Å². The Morgan fingerprint density at radius 3 is 2.88 bits per heavy atom. The van der Waals surface area contributed by atoms with Crippen LogP contribution in [0.3, 0.4) is 0 Å². The molecule has 0 saturated carbocycles. The van der Waals surface area contributed by atoms with Gasteiger partial charge in [0.1, 0.15) is 11.6 Å². The molecule has 1 nitrogen and oxygen atoms in total. The summed E-state index contributed by atoms with van der Waals surface area (Å²) >= 11 is 1.71. The molecule has 0 bridgehead atoms. The zero-order valence-electron chi connectivity index (χ0n) is 9.07. The largest absolute Gasteiger partial charge is 0.493 e. The minimum absolute atomic E-state index is 0.214. The monoisotopic (exact) mass is 236 g/mol. The maximum atomic E-state index is 13.2.